The van der Waals surface area contributed by atoms with Crippen LogP contribution in [0.4, 0.5) is 5.13 Å². The molecule has 4 aromatic rings. The number of hydrogen-bond acceptors (Lipinski definition) is 13. The Morgan fingerprint density at radius 3 is 2.46 bits per heavy atom. The Morgan fingerprint density at radius 2 is 1.80 bits per heavy atom. The van der Waals surface area contributed by atoms with E-state index in [1.165, 1.54) is 35.6 Å². The number of nitrogens with one attached hydrogen (secondary N) is 2. The maximum absolute atomic E-state index is 15.0. The molecule has 2 N–H and O–H groups in total. The molecule has 0 unspecified atom stereocenters. The first-order chi connectivity index (χ1) is 30.8. The van der Waals surface area contributed by atoms with Gasteiger partial charge in [0.05, 0.1) is 47.1 Å². The van der Waals surface area contributed by atoms with Gasteiger partial charge in [-0.05, 0) is 112 Å². The van der Waals surface area contributed by atoms with E-state index in [1.807, 2.05) is 69.0 Å². The minimum absolute atomic E-state index is 0.0263. The fourth-order valence-corrected chi connectivity index (χ4v) is 11.1. The van der Waals surface area contributed by atoms with E-state index in [4.69, 9.17) is 35.2 Å². The Morgan fingerprint density at radius 1 is 1.06 bits per heavy atom. The predicted octanol–water partition coefficient (Wildman–Crippen LogP) is 8.73. The highest BCUT2D eigenvalue weighted by Crippen LogP contribution is 2.57. The lowest BCUT2D eigenvalue weighted by molar-refractivity contribution is -0.156. The minimum atomic E-state index is -4.71. The first-order valence-corrected chi connectivity index (χ1v) is 24.8. The largest absolute Gasteiger partial charge is 0.497 e. The van der Waals surface area contributed by atoms with Gasteiger partial charge in [0.25, 0.3) is 0 Å². The Kier molecular flexibility index (Phi) is 14.3. The summed E-state index contributed by atoms with van der Waals surface area (Å²) < 4.78 is 44.9. The van der Waals surface area contributed by atoms with Crippen molar-refractivity contribution in [2.75, 3.05) is 19.0 Å². The topological polar surface area (TPSA) is 183 Å². The molecule has 348 valence electrons. The van der Waals surface area contributed by atoms with Crippen molar-refractivity contribution in [3.63, 3.8) is 0 Å². The van der Waals surface area contributed by atoms with Gasteiger partial charge in [-0.2, -0.15) is 8.42 Å². The first kappa shape index (κ1) is 47.9. The van der Waals surface area contributed by atoms with Crippen LogP contribution in [0.2, 0.25) is 5.02 Å². The highest BCUT2D eigenvalue weighted by molar-refractivity contribution is 7.85. The molecule has 3 aliphatic rings. The van der Waals surface area contributed by atoms with Crippen LogP contribution < -0.4 is 19.0 Å². The highest BCUT2D eigenvalue weighted by Gasteiger charge is 2.61. The van der Waals surface area contributed by atoms with Gasteiger partial charge in [0.1, 0.15) is 17.5 Å². The molecule has 3 heterocycles. The average molecular weight is 949 g/mol. The van der Waals surface area contributed by atoms with Crippen LogP contribution in [0, 0.1) is 28.6 Å². The fourth-order valence-electron chi connectivity index (χ4n) is 9.20. The number of amides is 2. The van der Waals surface area contributed by atoms with Crippen molar-refractivity contribution >= 4 is 72.8 Å². The molecule has 0 bridgehead atoms. The lowest BCUT2D eigenvalue weighted by Gasteiger charge is -2.35. The number of rotatable bonds is 18. The van der Waals surface area contributed by atoms with Gasteiger partial charge in [-0.25, -0.2) is 14.7 Å². The lowest BCUT2D eigenvalue weighted by atomic mass is 9.77. The number of fused-ring (bicyclic) bond motifs is 1. The van der Waals surface area contributed by atoms with Crippen molar-refractivity contribution in [2.45, 2.75) is 111 Å². The van der Waals surface area contributed by atoms with Crippen LogP contribution in [0.3, 0.4) is 0 Å². The smallest absolute Gasteiger partial charge is 0.409 e. The summed E-state index contributed by atoms with van der Waals surface area (Å²) >= 11 is 7.62. The van der Waals surface area contributed by atoms with Crippen LogP contribution in [0.15, 0.2) is 66.6 Å². The molecular weight excluding hydrogens is 890 g/mol. The minimum Gasteiger partial charge on any atom is -0.497 e. The number of benzene rings is 2. The van der Waals surface area contributed by atoms with E-state index in [-0.39, 0.29) is 67.0 Å². The number of esters is 1. The zero-order valence-corrected chi connectivity index (χ0v) is 40.1. The number of nitrogens with zero attached hydrogens (tertiary/aromatic N) is 3. The van der Waals surface area contributed by atoms with E-state index in [2.05, 4.69) is 11.9 Å². The second kappa shape index (κ2) is 19.4. The van der Waals surface area contributed by atoms with Gasteiger partial charge in [-0.15, -0.1) is 17.9 Å². The average Bonchev–Trinajstić information content (AvgIpc) is 3.65. The molecule has 2 amide bonds. The molecule has 0 spiro atoms. The summed E-state index contributed by atoms with van der Waals surface area (Å²) in [6.45, 7) is 13.8. The summed E-state index contributed by atoms with van der Waals surface area (Å²) in [5.74, 6) is -3.24. The number of carbonyl (C=O) groups excluding carboxylic acids is 4. The van der Waals surface area contributed by atoms with Gasteiger partial charge in [0.2, 0.25) is 11.8 Å². The molecule has 2 aromatic carbocycles. The van der Waals surface area contributed by atoms with Crippen LogP contribution >= 0.6 is 22.9 Å². The van der Waals surface area contributed by atoms with Gasteiger partial charge in [0, 0.05) is 35.8 Å². The van der Waals surface area contributed by atoms with Crippen molar-refractivity contribution in [1.82, 2.24) is 19.6 Å². The van der Waals surface area contributed by atoms with E-state index in [0.717, 1.165) is 41.8 Å². The van der Waals surface area contributed by atoms with Crippen LogP contribution in [-0.4, -0.2) is 78.7 Å². The van der Waals surface area contributed by atoms with E-state index in [1.54, 1.807) is 18.1 Å². The number of pyridine rings is 1. The predicted molar refractivity (Wildman–Crippen MR) is 251 cm³/mol. The zero-order chi connectivity index (χ0) is 46.8. The number of Topliss-reactive ketones (excluding diaryl/α,β-unsaturated/α-hetero) is 1. The van der Waals surface area contributed by atoms with Crippen molar-refractivity contribution < 1.29 is 41.3 Å². The van der Waals surface area contributed by atoms with Crippen molar-refractivity contribution in [3.05, 3.63) is 77.2 Å². The molecule has 2 saturated carbocycles. The summed E-state index contributed by atoms with van der Waals surface area (Å²) in [6.07, 6.45) is 5.25. The second-order valence-electron chi connectivity index (χ2n) is 19.0. The van der Waals surface area contributed by atoms with Gasteiger partial charge in [-0.3, -0.25) is 19.2 Å². The number of aromatic nitrogens is 2. The summed E-state index contributed by atoms with van der Waals surface area (Å²) in [4.78, 5) is 68.7. The van der Waals surface area contributed by atoms with Gasteiger partial charge in [0.15, 0.2) is 16.7 Å². The summed E-state index contributed by atoms with van der Waals surface area (Å²) in [7, 11) is -3.12. The summed E-state index contributed by atoms with van der Waals surface area (Å²) in [5.41, 5.74) is 0.842. The number of hydrogen-bond donors (Lipinski definition) is 2. The summed E-state index contributed by atoms with van der Waals surface area (Å²) in [6, 6.07) is 12.8. The number of halogens is 1. The number of carbonyl (C=O) groups is 4. The number of methoxy groups -OCH3 is 1. The first-order valence-electron chi connectivity index (χ1n) is 22.2. The second-order valence-corrected chi connectivity index (χ2v) is 21.5. The number of ketones is 1. The van der Waals surface area contributed by atoms with Crippen molar-refractivity contribution in [2.24, 2.45) is 28.6 Å². The van der Waals surface area contributed by atoms with Crippen molar-refractivity contribution in [3.8, 4) is 22.9 Å². The molecule has 2 aromatic heterocycles. The van der Waals surface area contributed by atoms with Gasteiger partial charge >= 0.3 is 16.3 Å². The van der Waals surface area contributed by atoms with Gasteiger partial charge in [-0.1, -0.05) is 50.6 Å². The molecule has 7 rings (SSSR count). The van der Waals surface area contributed by atoms with E-state index >= 15 is 4.79 Å². The number of allylic oxidation sites excluding steroid dienone is 1. The lowest BCUT2D eigenvalue weighted by Crippen LogP contribution is -2.48. The molecule has 65 heavy (non-hydrogen) atoms. The number of likely N-dealkylation sites (tertiary alicyclic amines) is 1. The number of anilines is 1. The summed E-state index contributed by atoms with van der Waals surface area (Å²) in [5, 5.41) is 6.97. The molecule has 1 saturated heterocycles. The zero-order valence-electron chi connectivity index (χ0n) is 37.7. The highest BCUT2D eigenvalue weighted by atomic mass is 35.5. The molecular formula is C48H58ClN5O9S2. The maximum atomic E-state index is 15.0. The Hall–Kier alpha value is -5.06. The van der Waals surface area contributed by atoms with Crippen LogP contribution in [0.1, 0.15) is 91.5 Å². The Labute approximate surface area is 390 Å². The normalized spacial score (nSPS) is 21.5. The van der Waals surface area contributed by atoms with E-state index in [0.29, 0.717) is 29.1 Å². The van der Waals surface area contributed by atoms with E-state index in [9.17, 15) is 22.8 Å². The molecule has 0 radical (unpaired) electrons. The monoisotopic (exact) mass is 947 g/mol. The number of thiazole rings is 1. The number of ether oxygens (including phenoxy) is 2. The molecule has 1 aliphatic heterocycles. The third-order valence-electron chi connectivity index (χ3n) is 12.8. The molecule has 14 nitrogen and oxygen atoms in total. The molecule has 17 heteroatoms. The van der Waals surface area contributed by atoms with Crippen LogP contribution in [-0.2, 0) is 40.6 Å². The third kappa shape index (κ3) is 11.1. The fraction of sp³-hybridized carbons (Fsp3) is 0.500. The number of para-hydroxylation sites is 1. The molecule has 2 aliphatic carbocycles. The standard InChI is InChI=1S/C48H58ClN5O9S2/c1-8-31-24-48(31,45(58)53-65(59,60)63-42-16-12-11-15-36(42)49)25-41(55)40-20-29(26-54(40)44(57)35(47(4,5)6)23-43(56)62-32-13-9-10-14-32)19-30-21-38(39-27-64-46(52-39)50-28(2)3)51-37-22-33(61-7)17-18-34(30)37/h8,11-12,15-18,21-22,27-29,31-32,35,40H,1,9-10,13-14,19-20,23-26H2,2-7H3,(H,50,52)(H,53,58)/t29-,31-,35-,40+,48-/m1/s1. The van der Waals surface area contributed by atoms with Crippen LogP contribution in [0.25, 0.3) is 22.3 Å². The van der Waals surface area contributed by atoms with Crippen LogP contribution in [0.5, 0.6) is 11.5 Å². The van der Waals surface area contributed by atoms with E-state index < -0.39 is 56.7 Å². The quantitative estimate of drug-likeness (QED) is 0.0716. The van der Waals surface area contributed by atoms with Gasteiger partial charge < -0.3 is 23.9 Å². The van der Waals surface area contributed by atoms with Crippen molar-refractivity contribution in [1.29, 1.82) is 0 Å². The maximum Gasteiger partial charge on any atom is 0.409 e. The molecule has 3 fully saturated rings. The SMILES string of the molecule is C=C[C@@H]1C[C@]1(CC(=O)[C@@H]1C[C@@H](Cc2cc(-c3csc(NC(C)C)n3)nc3cc(OC)ccc23)CN1C(=O)[C@@H](CC(=O)OC1CCCC1)C(C)(C)C)C(=O)NS(=O)(=O)Oc1ccccc1Cl. The molecule has 5 atom stereocenters. The Bertz CT molecular complexity index is 2570. The Balaban J connectivity index is 1.20. The third-order valence-corrected chi connectivity index (χ3v) is 14.7.